The predicted molar refractivity (Wildman–Crippen MR) is 75.5 cm³/mol. The van der Waals surface area contributed by atoms with E-state index in [4.69, 9.17) is 4.84 Å². The Hall–Kier alpha value is -1.10. The van der Waals surface area contributed by atoms with Gasteiger partial charge in [-0.25, -0.2) is 5.48 Å². The lowest BCUT2D eigenvalue weighted by molar-refractivity contribution is -0.138. The van der Waals surface area contributed by atoms with Crippen molar-refractivity contribution in [2.75, 3.05) is 6.61 Å². The lowest BCUT2D eigenvalue weighted by Crippen LogP contribution is -2.47. The van der Waals surface area contributed by atoms with Gasteiger partial charge in [0.1, 0.15) is 6.42 Å². The monoisotopic (exact) mass is 282 g/mol. The normalized spacial score (nSPS) is 34.0. The summed E-state index contributed by atoms with van der Waals surface area (Å²) in [6.07, 6.45) is 3.27. The van der Waals surface area contributed by atoms with Crippen LogP contribution in [0.1, 0.15) is 53.4 Å². The van der Waals surface area contributed by atoms with Gasteiger partial charge in [-0.05, 0) is 42.9 Å². The van der Waals surface area contributed by atoms with E-state index in [0.717, 1.165) is 12.8 Å². The average molecular weight is 282 g/mol. The van der Waals surface area contributed by atoms with Crippen LogP contribution >= 0.6 is 0 Å². The number of carbonyl (C=O) groups excluding carboxylic acids is 2. The standard InChI is InChI=1S/C15H26N2O3/c1-5-20-17-13(19)9-12(18)16-11-8-10-6-7-15(11,4)14(10,2)3/h10-11H,5-9H2,1-4H3,(H,16,18)(H,17,19)/t10-,11-,15-/m0/s1. The molecule has 2 rings (SSSR count). The van der Waals surface area contributed by atoms with E-state index in [1.54, 1.807) is 6.92 Å². The molecule has 0 unspecified atom stereocenters. The largest absolute Gasteiger partial charge is 0.352 e. The Labute approximate surface area is 120 Å². The third kappa shape index (κ3) is 2.43. The number of rotatable bonds is 5. The van der Waals surface area contributed by atoms with Crippen LogP contribution in [0.5, 0.6) is 0 Å². The molecule has 2 N–H and O–H groups in total. The van der Waals surface area contributed by atoms with Gasteiger partial charge in [0, 0.05) is 6.04 Å². The molecule has 2 aliphatic rings. The molecule has 2 saturated carbocycles. The third-order valence-electron chi connectivity index (χ3n) is 5.78. The second-order valence-corrected chi connectivity index (χ2v) is 6.87. The summed E-state index contributed by atoms with van der Waals surface area (Å²) < 4.78 is 0. The molecule has 0 spiro atoms. The van der Waals surface area contributed by atoms with Gasteiger partial charge in [0.15, 0.2) is 0 Å². The lowest BCUT2D eigenvalue weighted by atomic mass is 9.69. The van der Waals surface area contributed by atoms with Gasteiger partial charge < -0.3 is 5.32 Å². The SMILES string of the molecule is CCONC(=O)CC(=O)N[C@H]1C[C@@H]2CC[C@]1(C)C2(C)C. The Morgan fingerprint density at radius 3 is 2.45 bits per heavy atom. The number of nitrogens with one attached hydrogen (secondary N) is 2. The maximum absolute atomic E-state index is 12.0. The van der Waals surface area contributed by atoms with Crippen LogP contribution in [0.3, 0.4) is 0 Å². The summed E-state index contributed by atoms with van der Waals surface area (Å²) in [6, 6.07) is 0.184. The predicted octanol–water partition coefficient (Wildman–Crippen LogP) is 1.78. The van der Waals surface area contributed by atoms with E-state index in [2.05, 4.69) is 31.6 Å². The molecule has 2 aliphatic carbocycles. The number of hydrogen-bond acceptors (Lipinski definition) is 3. The Balaban J connectivity index is 1.89. The number of amides is 2. The van der Waals surface area contributed by atoms with Gasteiger partial charge in [0.25, 0.3) is 5.91 Å². The molecule has 0 aromatic heterocycles. The molecule has 0 heterocycles. The molecule has 2 fully saturated rings. The molecule has 0 saturated heterocycles. The maximum Gasteiger partial charge on any atom is 0.252 e. The Morgan fingerprint density at radius 1 is 1.25 bits per heavy atom. The first-order valence-corrected chi connectivity index (χ1v) is 7.51. The minimum atomic E-state index is -0.392. The fourth-order valence-corrected chi connectivity index (χ4v) is 4.00. The average Bonchev–Trinajstić information content (AvgIpc) is 2.69. The number of hydroxylamine groups is 1. The van der Waals surface area contributed by atoms with Crippen LogP contribution in [0.25, 0.3) is 0 Å². The lowest BCUT2D eigenvalue weighted by Gasteiger charge is -2.39. The van der Waals surface area contributed by atoms with E-state index >= 15 is 0 Å². The van der Waals surface area contributed by atoms with E-state index in [0.29, 0.717) is 12.5 Å². The molecular weight excluding hydrogens is 256 g/mol. The highest BCUT2D eigenvalue weighted by Gasteiger charge is 2.61. The first kappa shape index (κ1) is 15.3. The zero-order chi connectivity index (χ0) is 15.0. The highest BCUT2D eigenvalue weighted by atomic mass is 16.6. The van der Waals surface area contributed by atoms with Crippen molar-refractivity contribution in [3.63, 3.8) is 0 Å². The third-order valence-corrected chi connectivity index (χ3v) is 5.78. The summed E-state index contributed by atoms with van der Waals surface area (Å²) in [5, 5.41) is 3.06. The summed E-state index contributed by atoms with van der Waals surface area (Å²) in [5.41, 5.74) is 2.65. The van der Waals surface area contributed by atoms with Crippen molar-refractivity contribution in [3.8, 4) is 0 Å². The second kappa shape index (κ2) is 5.35. The van der Waals surface area contributed by atoms with Crippen LogP contribution in [0.15, 0.2) is 0 Å². The van der Waals surface area contributed by atoms with Gasteiger partial charge in [-0.1, -0.05) is 20.8 Å². The van der Waals surface area contributed by atoms with Crippen LogP contribution in [0, 0.1) is 16.7 Å². The van der Waals surface area contributed by atoms with E-state index in [1.807, 2.05) is 0 Å². The summed E-state index contributed by atoms with van der Waals surface area (Å²) in [7, 11) is 0. The first-order chi connectivity index (χ1) is 9.31. The quantitative estimate of drug-likeness (QED) is 0.596. The number of carbonyl (C=O) groups is 2. The first-order valence-electron chi connectivity index (χ1n) is 7.51. The highest BCUT2D eigenvalue weighted by molar-refractivity contribution is 5.96. The molecular formula is C15H26N2O3. The number of hydrogen-bond donors (Lipinski definition) is 2. The Morgan fingerprint density at radius 2 is 1.95 bits per heavy atom. The fourth-order valence-electron chi connectivity index (χ4n) is 4.00. The van der Waals surface area contributed by atoms with Crippen molar-refractivity contribution in [2.45, 2.75) is 59.4 Å². The van der Waals surface area contributed by atoms with Crippen molar-refractivity contribution in [1.82, 2.24) is 10.8 Å². The van der Waals surface area contributed by atoms with Crippen molar-refractivity contribution < 1.29 is 14.4 Å². The van der Waals surface area contributed by atoms with Crippen LogP contribution in [-0.4, -0.2) is 24.5 Å². The molecule has 0 radical (unpaired) electrons. The zero-order valence-electron chi connectivity index (χ0n) is 12.9. The van der Waals surface area contributed by atoms with Crippen LogP contribution in [-0.2, 0) is 14.4 Å². The molecule has 0 aromatic carbocycles. The van der Waals surface area contributed by atoms with E-state index in [9.17, 15) is 9.59 Å². The van der Waals surface area contributed by atoms with E-state index < -0.39 is 5.91 Å². The van der Waals surface area contributed by atoms with Gasteiger partial charge in [0.05, 0.1) is 6.61 Å². The Kier molecular flexibility index (Phi) is 4.09. The van der Waals surface area contributed by atoms with Crippen LogP contribution < -0.4 is 10.8 Å². The van der Waals surface area contributed by atoms with Crippen molar-refractivity contribution in [3.05, 3.63) is 0 Å². The van der Waals surface area contributed by atoms with Crippen LogP contribution in [0.2, 0.25) is 0 Å². The van der Waals surface area contributed by atoms with Gasteiger partial charge in [-0.15, -0.1) is 0 Å². The molecule has 2 amide bonds. The van der Waals surface area contributed by atoms with Crippen molar-refractivity contribution >= 4 is 11.8 Å². The maximum atomic E-state index is 12.0. The smallest absolute Gasteiger partial charge is 0.252 e. The second-order valence-electron chi connectivity index (χ2n) is 6.87. The van der Waals surface area contributed by atoms with Gasteiger partial charge in [-0.2, -0.15) is 0 Å². The molecule has 5 nitrogen and oxygen atoms in total. The topological polar surface area (TPSA) is 67.4 Å². The Bertz CT molecular complexity index is 408. The van der Waals surface area contributed by atoms with Crippen molar-refractivity contribution in [2.24, 2.45) is 16.7 Å². The minimum Gasteiger partial charge on any atom is -0.352 e. The summed E-state index contributed by atoms with van der Waals surface area (Å²) >= 11 is 0. The van der Waals surface area contributed by atoms with Gasteiger partial charge in [0.2, 0.25) is 5.91 Å². The van der Waals surface area contributed by atoms with Gasteiger partial charge >= 0.3 is 0 Å². The van der Waals surface area contributed by atoms with E-state index in [-0.39, 0.29) is 29.2 Å². The zero-order valence-corrected chi connectivity index (χ0v) is 12.9. The molecule has 0 aliphatic heterocycles. The molecule has 114 valence electrons. The minimum absolute atomic E-state index is 0.143. The van der Waals surface area contributed by atoms with Crippen LogP contribution in [0.4, 0.5) is 0 Å². The number of fused-ring (bicyclic) bond motifs is 2. The fraction of sp³-hybridized carbons (Fsp3) is 0.867. The molecule has 20 heavy (non-hydrogen) atoms. The summed E-state index contributed by atoms with van der Waals surface area (Å²) in [4.78, 5) is 28.2. The summed E-state index contributed by atoms with van der Waals surface area (Å²) in [5.74, 6) is 0.0729. The van der Waals surface area contributed by atoms with E-state index in [1.165, 1.54) is 6.42 Å². The molecule has 0 aromatic rings. The molecule has 2 bridgehead atoms. The van der Waals surface area contributed by atoms with Gasteiger partial charge in [-0.3, -0.25) is 14.4 Å². The van der Waals surface area contributed by atoms with Crippen molar-refractivity contribution in [1.29, 1.82) is 0 Å². The molecule has 3 atom stereocenters. The highest BCUT2D eigenvalue weighted by Crippen LogP contribution is 2.65. The molecule has 5 heteroatoms. The summed E-state index contributed by atoms with van der Waals surface area (Å²) in [6.45, 7) is 9.05.